The molecule has 2 aliphatic rings. The highest BCUT2D eigenvalue weighted by Gasteiger charge is 2.29. The van der Waals surface area contributed by atoms with Gasteiger partial charge in [-0.3, -0.25) is 0 Å². The number of hydrogen-bond acceptors (Lipinski definition) is 3. The van der Waals surface area contributed by atoms with Crippen molar-refractivity contribution in [3.8, 4) is 5.75 Å². The smallest absolute Gasteiger partial charge is 0.172 e. The van der Waals surface area contributed by atoms with E-state index in [4.69, 9.17) is 16.3 Å². The van der Waals surface area contributed by atoms with Crippen molar-refractivity contribution in [3.63, 3.8) is 0 Å². The highest BCUT2D eigenvalue weighted by Crippen LogP contribution is 2.39. The summed E-state index contributed by atoms with van der Waals surface area (Å²) in [7, 11) is 0. The van der Waals surface area contributed by atoms with Gasteiger partial charge in [0.2, 0.25) is 0 Å². The van der Waals surface area contributed by atoms with Crippen molar-refractivity contribution in [3.05, 3.63) is 16.8 Å². The molecule has 1 fully saturated rings. The molecule has 1 atom stereocenters. The average Bonchev–Trinajstić information content (AvgIpc) is 2.54. The Hall–Kier alpha value is -0.960. The predicted octanol–water partition coefficient (Wildman–Crippen LogP) is 3.18. The molecule has 3 nitrogen and oxygen atoms in total. The summed E-state index contributed by atoms with van der Waals surface area (Å²) >= 11 is 6.11. The van der Waals surface area contributed by atoms with Crippen LogP contribution in [0.3, 0.4) is 0 Å². The van der Waals surface area contributed by atoms with Gasteiger partial charge in [-0.15, -0.1) is 0 Å². The van der Waals surface area contributed by atoms with Crippen LogP contribution in [0.1, 0.15) is 31.2 Å². The molecule has 0 amide bonds. The first-order valence-electron chi connectivity index (χ1n) is 6.32. The van der Waals surface area contributed by atoms with Gasteiger partial charge in [0.05, 0.1) is 11.6 Å². The first-order valence-corrected chi connectivity index (χ1v) is 6.69. The molecule has 3 heterocycles. The van der Waals surface area contributed by atoms with E-state index in [0.29, 0.717) is 11.1 Å². The molecule has 0 radical (unpaired) electrons. The summed E-state index contributed by atoms with van der Waals surface area (Å²) in [5.74, 6) is 1.89. The monoisotopic (exact) mass is 252 g/mol. The lowest BCUT2D eigenvalue weighted by Crippen LogP contribution is -2.39. The van der Waals surface area contributed by atoms with E-state index in [1.165, 1.54) is 19.3 Å². The molecular weight excluding hydrogens is 236 g/mol. The van der Waals surface area contributed by atoms with E-state index in [2.05, 4.69) is 9.88 Å². The van der Waals surface area contributed by atoms with E-state index in [-0.39, 0.29) is 0 Å². The zero-order chi connectivity index (χ0) is 11.8. The van der Waals surface area contributed by atoms with E-state index in [1.54, 1.807) is 6.20 Å². The van der Waals surface area contributed by atoms with Gasteiger partial charge in [0.25, 0.3) is 0 Å². The molecule has 1 aromatic heterocycles. The van der Waals surface area contributed by atoms with E-state index in [9.17, 15) is 0 Å². The maximum atomic E-state index is 6.11. The molecule has 0 bridgehead atoms. The molecule has 4 heteroatoms. The number of halogens is 1. The highest BCUT2D eigenvalue weighted by atomic mass is 35.5. The second kappa shape index (κ2) is 4.37. The van der Waals surface area contributed by atoms with Gasteiger partial charge in [0.15, 0.2) is 11.6 Å². The highest BCUT2D eigenvalue weighted by molar-refractivity contribution is 6.31. The second-order valence-electron chi connectivity index (χ2n) is 4.86. The Labute approximate surface area is 107 Å². The number of piperidine rings is 1. The van der Waals surface area contributed by atoms with Crippen molar-refractivity contribution in [1.29, 1.82) is 0 Å². The van der Waals surface area contributed by atoms with Crippen LogP contribution >= 0.6 is 11.6 Å². The SMILES string of the molecule is Cc1c(Cl)cnc2c1OCCC1CCCCN21. The van der Waals surface area contributed by atoms with Crippen molar-refractivity contribution >= 4 is 17.4 Å². The third-order valence-corrected chi connectivity index (χ3v) is 4.18. The van der Waals surface area contributed by atoms with Crippen molar-refractivity contribution in [2.45, 2.75) is 38.6 Å². The molecule has 92 valence electrons. The molecular formula is C13H17ClN2O. The first kappa shape index (κ1) is 11.1. The molecule has 1 unspecified atom stereocenters. The summed E-state index contributed by atoms with van der Waals surface area (Å²) in [6, 6.07) is 0.595. The van der Waals surface area contributed by atoms with E-state index in [1.807, 2.05) is 6.92 Å². The molecule has 1 aromatic rings. The fourth-order valence-corrected chi connectivity index (χ4v) is 2.94. The van der Waals surface area contributed by atoms with Gasteiger partial charge in [-0.05, 0) is 26.2 Å². The van der Waals surface area contributed by atoms with Crippen LogP contribution in [0.4, 0.5) is 5.82 Å². The third-order valence-electron chi connectivity index (χ3n) is 3.80. The molecule has 0 spiro atoms. The van der Waals surface area contributed by atoms with Crippen LogP contribution in [-0.2, 0) is 0 Å². The normalized spacial score (nSPS) is 23.4. The van der Waals surface area contributed by atoms with Crippen molar-refractivity contribution in [2.24, 2.45) is 0 Å². The Morgan fingerprint density at radius 3 is 3.18 bits per heavy atom. The standard InChI is InChI=1S/C13H17ClN2O/c1-9-11(14)8-15-13-12(9)17-7-5-10-4-2-3-6-16(10)13/h8,10H,2-7H2,1H3. The number of anilines is 1. The summed E-state index contributed by atoms with van der Waals surface area (Å²) in [6.07, 6.45) is 6.66. The maximum Gasteiger partial charge on any atom is 0.172 e. The number of ether oxygens (including phenoxy) is 1. The first-order chi connectivity index (χ1) is 8.27. The minimum Gasteiger partial charge on any atom is -0.489 e. The van der Waals surface area contributed by atoms with Gasteiger partial charge in [-0.25, -0.2) is 4.98 Å². The van der Waals surface area contributed by atoms with Gasteiger partial charge >= 0.3 is 0 Å². The van der Waals surface area contributed by atoms with Crippen LogP contribution in [-0.4, -0.2) is 24.2 Å². The third kappa shape index (κ3) is 1.86. The number of rotatable bonds is 0. The van der Waals surface area contributed by atoms with Crippen LogP contribution in [0.15, 0.2) is 6.20 Å². The molecule has 0 N–H and O–H groups in total. The van der Waals surface area contributed by atoms with Gasteiger partial charge in [0, 0.05) is 30.8 Å². The Bertz CT molecular complexity index is 436. The quantitative estimate of drug-likeness (QED) is 0.709. The molecule has 1 saturated heterocycles. The van der Waals surface area contributed by atoms with Crippen LogP contribution in [0.25, 0.3) is 0 Å². The summed E-state index contributed by atoms with van der Waals surface area (Å²) < 4.78 is 5.86. The minimum absolute atomic E-state index is 0.595. The second-order valence-corrected chi connectivity index (χ2v) is 5.27. The number of aromatic nitrogens is 1. The lowest BCUT2D eigenvalue weighted by atomic mass is 10.00. The maximum absolute atomic E-state index is 6.11. The molecule has 0 aromatic carbocycles. The van der Waals surface area contributed by atoms with Crippen LogP contribution in [0, 0.1) is 6.92 Å². The lowest BCUT2D eigenvalue weighted by Gasteiger charge is -2.35. The summed E-state index contributed by atoms with van der Waals surface area (Å²) in [5, 5.41) is 0.694. The fourth-order valence-electron chi connectivity index (χ4n) is 2.80. The van der Waals surface area contributed by atoms with E-state index >= 15 is 0 Å². The molecule has 0 aliphatic carbocycles. The molecule has 2 aliphatic heterocycles. The fraction of sp³-hybridized carbons (Fsp3) is 0.615. The van der Waals surface area contributed by atoms with Crippen molar-refractivity contribution < 1.29 is 4.74 Å². The number of hydrogen-bond donors (Lipinski definition) is 0. The lowest BCUT2D eigenvalue weighted by molar-refractivity contribution is 0.299. The van der Waals surface area contributed by atoms with Gasteiger partial charge < -0.3 is 9.64 Å². The van der Waals surface area contributed by atoms with Crippen LogP contribution in [0.5, 0.6) is 5.75 Å². The zero-order valence-corrected chi connectivity index (χ0v) is 10.8. The Morgan fingerprint density at radius 1 is 1.41 bits per heavy atom. The predicted molar refractivity (Wildman–Crippen MR) is 69.1 cm³/mol. The Balaban J connectivity index is 2.06. The molecule has 17 heavy (non-hydrogen) atoms. The van der Waals surface area contributed by atoms with Crippen molar-refractivity contribution in [1.82, 2.24) is 4.98 Å². The summed E-state index contributed by atoms with van der Waals surface area (Å²) in [4.78, 5) is 6.90. The summed E-state index contributed by atoms with van der Waals surface area (Å²) in [5.41, 5.74) is 1.02. The number of fused-ring (bicyclic) bond motifs is 3. The topological polar surface area (TPSA) is 25.4 Å². The van der Waals surface area contributed by atoms with Gasteiger partial charge in [0.1, 0.15) is 0 Å². The van der Waals surface area contributed by atoms with Crippen LogP contribution in [0.2, 0.25) is 5.02 Å². The zero-order valence-electron chi connectivity index (χ0n) is 10.1. The van der Waals surface area contributed by atoms with E-state index < -0.39 is 0 Å². The average molecular weight is 253 g/mol. The van der Waals surface area contributed by atoms with Crippen molar-refractivity contribution in [2.75, 3.05) is 18.1 Å². The van der Waals surface area contributed by atoms with Gasteiger partial charge in [-0.1, -0.05) is 11.6 Å². The summed E-state index contributed by atoms with van der Waals surface area (Å²) in [6.45, 7) is 3.87. The largest absolute Gasteiger partial charge is 0.489 e. The number of nitrogens with zero attached hydrogens (tertiary/aromatic N) is 2. The van der Waals surface area contributed by atoms with E-state index in [0.717, 1.165) is 36.7 Å². The minimum atomic E-state index is 0.595. The van der Waals surface area contributed by atoms with Crippen LogP contribution < -0.4 is 9.64 Å². The Morgan fingerprint density at radius 2 is 2.29 bits per heavy atom. The molecule has 0 saturated carbocycles. The molecule has 3 rings (SSSR count). The van der Waals surface area contributed by atoms with Gasteiger partial charge in [-0.2, -0.15) is 0 Å². The Kier molecular flexibility index (Phi) is 2.87. The number of pyridine rings is 1.